The summed E-state index contributed by atoms with van der Waals surface area (Å²) < 4.78 is 0. The fourth-order valence-corrected chi connectivity index (χ4v) is 4.40. The topological polar surface area (TPSA) is 44.7 Å². The minimum atomic E-state index is 0.0770. The van der Waals surface area contributed by atoms with Gasteiger partial charge in [0.1, 0.15) is 6.17 Å². The van der Waals surface area contributed by atoms with Crippen molar-refractivity contribution in [3.05, 3.63) is 0 Å². The average molecular weight is 422 g/mol. The van der Waals surface area contributed by atoms with Gasteiger partial charge in [-0.15, -0.1) is 0 Å². The molecule has 1 amide bonds. The predicted molar refractivity (Wildman–Crippen MR) is 131 cm³/mol. The summed E-state index contributed by atoms with van der Waals surface area (Å²) in [6.45, 7) is 7.50. The molecule has 0 saturated carbocycles. The Morgan fingerprint density at radius 1 is 0.867 bits per heavy atom. The first-order valence-corrected chi connectivity index (χ1v) is 13.3. The minimum absolute atomic E-state index is 0.0770. The lowest BCUT2D eigenvalue weighted by molar-refractivity contribution is -0.123. The molecule has 4 heteroatoms. The number of carbonyl (C=O) groups is 1. The number of unbranched alkanes of at least 4 members (excludes halogenated alkanes) is 14. The molecule has 0 saturated heterocycles. The standard InChI is InChI=1S/C26H51N3O/c1-4-6-8-10-12-13-15-17-19-21-26(30)28-24(3)29-23-22-27-25(29)20-18-16-14-11-9-7-5-2/h22,24-25H,4-21,23H2,1-3H3,(H,28,30). The van der Waals surface area contributed by atoms with Crippen LogP contribution in [0, 0.1) is 0 Å². The molecule has 0 aliphatic carbocycles. The third kappa shape index (κ3) is 13.4. The van der Waals surface area contributed by atoms with E-state index >= 15 is 0 Å². The Labute approximate surface area is 187 Å². The Bertz CT molecular complexity index is 438. The number of carbonyl (C=O) groups excluding carboxylic acids is 1. The van der Waals surface area contributed by atoms with Gasteiger partial charge < -0.3 is 5.32 Å². The van der Waals surface area contributed by atoms with E-state index in [4.69, 9.17) is 0 Å². The van der Waals surface area contributed by atoms with Gasteiger partial charge in [-0.05, 0) is 26.2 Å². The molecule has 0 aromatic heterocycles. The van der Waals surface area contributed by atoms with E-state index in [1.165, 1.54) is 96.3 Å². The Morgan fingerprint density at radius 2 is 1.37 bits per heavy atom. The van der Waals surface area contributed by atoms with Crippen LogP contribution in [0.3, 0.4) is 0 Å². The third-order valence-electron chi connectivity index (χ3n) is 6.39. The van der Waals surface area contributed by atoms with Crippen LogP contribution in [0.15, 0.2) is 4.99 Å². The van der Waals surface area contributed by atoms with Gasteiger partial charge in [0.15, 0.2) is 0 Å². The number of nitrogens with zero attached hydrogens (tertiary/aromatic N) is 2. The number of hydrogen-bond donors (Lipinski definition) is 1. The van der Waals surface area contributed by atoms with E-state index in [0.29, 0.717) is 6.42 Å². The minimum Gasteiger partial charge on any atom is -0.341 e. The Morgan fingerprint density at radius 3 is 1.93 bits per heavy atom. The number of aliphatic imine (C=N–C) groups is 1. The van der Waals surface area contributed by atoms with E-state index < -0.39 is 0 Å². The molecule has 30 heavy (non-hydrogen) atoms. The molecule has 0 aromatic rings. The highest BCUT2D eigenvalue weighted by Crippen LogP contribution is 2.18. The van der Waals surface area contributed by atoms with E-state index in [1.807, 2.05) is 6.21 Å². The largest absolute Gasteiger partial charge is 0.341 e. The molecule has 176 valence electrons. The van der Waals surface area contributed by atoms with Crippen LogP contribution < -0.4 is 5.32 Å². The van der Waals surface area contributed by atoms with E-state index in [9.17, 15) is 4.79 Å². The normalized spacial score (nSPS) is 17.5. The molecular weight excluding hydrogens is 370 g/mol. The zero-order chi connectivity index (χ0) is 21.9. The molecule has 4 nitrogen and oxygen atoms in total. The fourth-order valence-electron chi connectivity index (χ4n) is 4.40. The average Bonchev–Trinajstić information content (AvgIpc) is 3.20. The highest BCUT2D eigenvalue weighted by molar-refractivity contribution is 5.76. The molecule has 0 fully saturated rings. The van der Waals surface area contributed by atoms with Gasteiger partial charge in [0, 0.05) is 19.2 Å². The summed E-state index contributed by atoms with van der Waals surface area (Å²) in [7, 11) is 0. The van der Waals surface area contributed by atoms with Gasteiger partial charge in [0.05, 0.1) is 6.17 Å². The van der Waals surface area contributed by atoms with Crippen LogP contribution >= 0.6 is 0 Å². The molecule has 0 bridgehead atoms. The molecule has 0 spiro atoms. The summed E-state index contributed by atoms with van der Waals surface area (Å²) in [6, 6.07) is 0. The Hall–Kier alpha value is -0.900. The smallest absolute Gasteiger partial charge is 0.221 e. The van der Waals surface area contributed by atoms with Gasteiger partial charge in [-0.2, -0.15) is 0 Å². The van der Waals surface area contributed by atoms with Gasteiger partial charge >= 0.3 is 0 Å². The first-order valence-electron chi connectivity index (χ1n) is 13.3. The van der Waals surface area contributed by atoms with Gasteiger partial charge in [-0.3, -0.25) is 14.7 Å². The fraction of sp³-hybridized carbons (Fsp3) is 0.923. The third-order valence-corrected chi connectivity index (χ3v) is 6.39. The lowest BCUT2D eigenvalue weighted by atomic mass is 10.1. The lowest BCUT2D eigenvalue weighted by Crippen LogP contribution is -2.48. The number of amides is 1. The second-order valence-electron chi connectivity index (χ2n) is 9.24. The van der Waals surface area contributed by atoms with Crippen LogP contribution in [-0.4, -0.2) is 35.9 Å². The molecule has 1 aliphatic rings. The first kappa shape index (κ1) is 27.1. The maximum Gasteiger partial charge on any atom is 0.221 e. The maximum atomic E-state index is 12.3. The number of nitrogens with one attached hydrogen (secondary N) is 1. The van der Waals surface area contributed by atoms with E-state index in [-0.39, 0.29) is 18.2 Å². The number of rotatable bonds is 20. The summed E-state index contributed by atoms with van der Waals surface area (Å²) in [5.74, 6) is 0.201. The van der Waals surface area contributed by atoms with Crippen molar-refractivity contribution >= 4 is 12.1 Å². The van der Waals surface area contributed by atoms with Crippen LogP contribution in [0.1, 0.15) is 136 Å². The van der Waals surface area contributed by atoms with Gasteiger partial charge in [0.25, 0.3) is 0 Å². The van der Waals surface area contributed by atoms with Crippen LogP contribution in [0.25, 0.3) is 0 Å². The van der Waals surface area contributed by atoms with Crippen LogP contribution in [0.2, 0.25) is 0 Å². The Balaban J connectivity index is 2.07. The molecule has 1 rings (SSSR count). The summed E-state index contributed by atoms with van der Waals surface area (Å²) in [5.41, 5.74) is 0. The molecule has 1 N–H and O–H groups in total. The zero-order valence-corrected chi connectivity index (χ0v) is 20.5. The summed E-state index contributed by atoms with van der Waals surface area (Å²) in [6.07, 6.45) is 25.1. The molecule has 2 unspecified atom stereocenters. The molecule has 0 aromatic carbocycles. The second kappa shape index (κ2) is 18.8. The summed E-state index contributed by atoms with van der Waals surface area (Å²) in [4.78, 5) is 19.3. The maximum absolute atomic E-state index is 12.3. The molecule has 2 atom stereocenters. The van der Waals surface area contributed by atoms with E-state index in [2.05, 4.69) is 36.0 Å². The van der Waals surface area contributed by atoms with E-state index in [0.717, 1.165) is 19.4 Å². The molecule has 1 heterocycles. The van der Waals surface area contributed by atoms with Crippen molar-refractivity contribution < 1.29 is 4.79 Å². The van der Waals surface area contributed by atoms with Gasteiger partial charge in [-0.1, -0.05) is 104 Å². The molecule has 0 radical (unpaired) electrons. The van der Waals surface area contributed by atoms with E-state index in [1.54, 1.807) is 0 Å². The lowest BCUT2D eigenvalue weighted by Gasteiger charge is -2.30. The predicted octanol–water partition coefficient (Wildman–Crippen LogP) is 7.22. The van der Waals surface area contributed by atoms with Crippen molar-refractivity contribution in [1.29, 1.82) is 0 Å². The zero-order valence-electron chi connectivity index (χ0n) is 20.5. The summed E-state index contributed by atoms with van der Waals surface area (Å²) >= 11 is 0. The quantitative estimate of drug-likeness (QED) is 0.211. The van der Waals surface area contributed by atoms with Crippen molar-refractivity contribution in [2.75, 3.05) is 6.54 Å². The molecular formula is C26H51N3O. The SMILES string of the molecule is CCCCCCCCCCCC(=O)NC(C)N1CC=NC1CCCCCCCCC. The van der Waals surface area contributed by atoms with Crippen LogP contribution in [0.4, 0.5) is 0 Å². The van der Waals surface area contributed by atoms with Crippen molar-refractivity contribution in [2.24, 2.45) is 4.99 Å². The van der Waals surface area contributed by atoms with Gasteiger partial charge in [0.2, 0.25) is 5.91 Å². The van der Waals surface area contributed by atoms with Crippen molar-refractivity contribution in [3.8, 4) is 0 Å². The summed E-state index contributed by atoms with van der Waals surface area (Å²) in [5, 5.41) is 3.21. The first-order chi connectivity index (χ1) is 14.7. The monoisotopic (exact) mass is 421 g/mol. The van der Waals surface area contributed by atoms with Crippen LogP contribution in [-0.2, 0) is 4.79 Å². The highest BCUT2D eigenvalue weighted by Gasteiger charge is 2.26. The van der Waals surface area contributed by atoms with Crippen molar-refractivity contribution in [1.82, 2.24) is 10.2 Å². The highest BCUT2D eigenvalue weighted by atomic mass is 16.1. The second-order valence-corrected chi connectivity index (χ2v) is 9.24. The Kier molecular flexibility index (Phi) is 17.0. The van der Waals surface area contributed by atoms with Crippen LogP contribution in [0.5, 0.6) is 0 Å². The van der Waals surface area contributed by atoms with Crippen molar-refractivity contribution in [3.63, 3.8) is 0 Å². The number of hydrogen-bond acceptors (Lipinski definition) is 3. The van der Waals surface area contributed by atoms with Crippen molar-refractivity contribution in [2.45, 2.75) is 149 Å². The van der Waals surface area contributed by atoms with Gasteiger partial charge in [-0.25, -0.2) is 0 Å². The molecule has 1 aliphatic heterocycles.